The van der Waals surface area contributed by atoms with E-state index in [-0.39, 0.29) is 5.91 Å². The van der Waals surface area contributed by atoms with Gasteiger partial charge < -0.3 is 25.4 Å². The van der Waals surface area contributed by atoms with Gasteiger partial charge in [0, 0.05) is 24.4 Å². The molecule has 0 saturated heterocycles. The fourth-order valence-electron chi connectivity index (χ4n) is 3.42. The Morgan fingerprint density at radius 2 is 2.03 bits per heavy atom. The molecular formula is C19H20N4O4S2. The Morgan fingerprint density at radius 1 is 1.24 bits per heavy atom. The number of primary amides is 1. The predicted molar refractivity (Wildman–Crippen MR) is 114 cm³/mol. The highest BCUT2D eigenvalue weighted by Crippen LogP contribution is 2.41. The standard InChI is InChI=1S/C19H20N4O4S2/c1-9(24)23-5-4-11-14(8-23)28-18(15(11)17(20)25)22-19-21-16-12(27-3)6-10(26-2)7-13(16)29-19/h6-7H,4-5,8H2,1-3H3,(H2,20,25)(H,21,22). The van der Waals surface area contributed by atoms with Crippen LogP contribution >= 0.6 is 22.7 Å². The van der Waals surface area contributed by atoms with Crippen molar-refractivity contribution in [3.05, 3.63) is 28.1 Å². The summed E-state index contributed by atoms with van der Waals surface area (Å²) in [4.78, 5) is 31.3. The molecule has 0 radical (unpaired) electrons. The number of thiazole rings is 1. The number of benzene rings is 1. The van der Waals surface area contributed by atoms with Crippen molar-refractivity contribution in [1.29, 1.82) is 0 Å². The maximum atomic E-state index is 12.2. The molecule has 0 bridgehead atoms. The van der Waals surface area contributed by atoms with Crippen molar-refractivity contribution in [1.82, 2.24) is 9.88 Å². The maximum absolute atomic E-state index is 12.2. The first-order valence-corrected chi connectivity index (χ1v) is 10.5. The Kier molecular flexibility index (Phi) is 5.05. The highest BCUT2D eigenvalue weighted by molar-refractivity contribution is 7.23. The van der Waals surface area contributed by atoms with E-state index in [0.29, 0.717) is 52.2 Å². The van der Waals surface area contributed by atoms with E-state index in [1.54, 1.807) is 32.1 Å². The quantitative estimate of drug-likeness (QED) is 0.642. The number of hydrogen-bond donors (Lipinski definition) is 2. The molecule has 2 amide bonds. The lowest BCUT2D eigenvalue weighted by Gasteiger charge is -2.25. The second-order valence-corrected chi connectivity index (χ2v) is 8.72. The lowest BCUT2D eigenvalue weighted by molar-refractivity contribution is -0.129. The zero-order valence-electron chi connectivity index (χ0n) is 16.2. The Labute approximate surface area is 175 Å². The van der Waals surface area contributed by atoms with Crippen LogP contribution in [0.2, 0.25) is 0 Å². The summed E-state index contributed by atoms with van der Waals surface area (Å²) in [5.41, 5.74) is 7.80. The minimum Gasteiger partial charge on any atom is -0.497 e. The number of methoxy groups -OCH3 is 2. The third kappa shape index (κ3) is 3.49. The molecule has 0 atom stereocenters. The molecule has 1 aliphatic rings. The first kappa shape index (κ1) is 19.5. The second kappa shape index (κ2) is 7.53. The number of thiophene rings is 1. The minimum absolute atomic E-state index is 0.0198. The van der Waals surface area contributed by atoms with Gasteiger partial charge in [0.15, 0.2) is 5.13 Å². The van der Waals surface area contributed by atoms with Crippen molar-refractivity contribution in [2.45, 2.75) is 19.9 Å². The van der Waals surface area contributed by atoms with E-state index >= 15 is 0 Å². The maximum Gasteiger partial charge on any atom is 0.251 e. The van der Waals surface area contributed by atoms with E-state index in [4.69, 9.17) is 15.2 Å². The molecule has 152 valence electrons. The fraction of sp³-hybridized carbons (Fsp3) is 0.316. The summed E-state index contributed by atoms with van der Waals surface area (Å²) < 4.78 is 11.6. The number of carbonyl (C=O) groups excluding carboxylic acids is 2. The molecule has 4 rings (SSSR count). The van der Waals surface area contributed by atoms with Gasteiger partial charge in [0.05, 0.1) is 31.0 Å². The van der Waals surface area contributed by atoms with Crippen LogP contribution in [0, 0.1) is 0 Å². The summed E-state index contributed by atoms with van der Waals surface area (Å²) in [5.74, 6) is 0.827. The van der Waals surface area contributed by atoms with Crippen LogP contribution in [0.5, 0.6) is 11.5 Å². The summed E-state index contributed by atoms with van der Waals surface area (Å²) >= 11 is 2.87. The molecule has 3 N–H and O–H groups in total. The molecule has 0 spiro atoms. The van der Waals surface area contributed by atoms with Crippen LogP contribution < -0.4 is 20.5 Å². The molecule has 0 aliphatic carbocycles. The number of amides is 2. The first-order valence-electron chi connectivity index (χ1n) is 8.90. The molecule has 2 aromatic heterocycles. The number of nitrogens with one attached hydrogen (secondary N) is 1. The molecule has 3 aromatic rings. The molecule has 10 heteroatoms. The third-order valence-corrected chi connectivity index (χ3v) is 6.91. The molecule has 0 unspecified atom stereocenters. The molecule has 3 heterocycles. The topological polar surface area (TPSA) is 107 Å². The summed E-state index contributed by atoms with van der Waals surface area (Å²) in [6.45, 7) is 2.62. The van der Waals surface area contributed by atoms with Gasteiger partial charge in [-0.05, 0) is 18.1 Å². The second-order valence-electron chi connectivity index (χ2n) is 6.58. The molecule has 0 saturated carbocycles. The monoisotopic (exact) mass is 432 g/mol. The van der Waals surface area contributed by atoms with Gasteiger partial charge in [-0.1, -0.05) is 11.3 Å². The highest BCUT2D eigenvalue weighted by atomic mass is 32.1. The normalized spacial score (nSPS) is 13.3. The Morgan fingerprint density at radius 3 is 2.69 bits per heavy atom. The zero-order valence-corrected chi connectivity index (χ0v) is 17.8. The van der Waals surface area contributed by atoms with Crippen molar-refractivity contribution < 1.29 is 19.1 Å². The van der Waals surface area contributed by atoms with Crippen LogP contribution in [0.15, 0.2) is 12.1 Å². The number of anilines is 2. The summed E-state index contributed by atoms with van der Waals surface area (Å²) in [5, 5.41) is 4.53. The van der Waals surface area contributed by atoms with Crippen molar-refractivity contribution in [2.75, 3.05) is 26.1 Å². The highest BCUT2D eigenvalue weighted by Gasteiger charge is 2.28. The number of rotatable bonds is 5. The lowest BCUT2D eigenvalue weighted by atomic mass is 10.0. The van der Waals surface area contributed by atoms with Gasteiger partial charge in [0.25, 0.3) is 5.91 Å². The number of carbonyl (C=O) groups is 2. The number of nitrogens with two attached hydrogens (primary N) is 1. The third-order valence-electron chi connectivity index (χ3n) is 4.86. The van der Waals surface area contributed by atoms with Gasteiger partial charge in [-0.3, -0.25) is 9.59 Å². The largest absolute Gasteiger partial charge is 0.497 e. The van der Waals surface area contributed by atoms with Crippen molar-refractivity contribution in [2.24, 2.45) is 5.73 Å². The van der Waals surface area contributed by atoms with E-state index in [0.717, 1.165) is 15.1 Å². The van der Waals surface area contributed by atoms with Gasteiger partial charge in [-0.15, -0.1) is 11.3 Å². The van der Waals surface area contributed by atoms with Crippen LogP contribution in [0.4, 0.5) is 10.1 Å². The molecule has 29 heavy (non-hydrogen) atoms. The number of nitrogens with zero attached hydrogens (tertiary/aromatic N) is 2. The fourth-order valence-corrected chi connectivity index (χ4v) is 5.67. The van der Waals surface area contributed by atoms with E-state index in [9.17, 15) is 9.59 Å². The Bertz CT molecular complexity index is 1120. The summed E-state index contributed by atoms with van der Waals surface area (Å²) in [6.07, 6.45) is 0.607. The Balaban J connectivity index is 1.73. The number of fused-ring (bicyclic) bond motifs is 2. The Hall–Kier alpha value is -2.85. The molecule has 8 nitrogen and oxygen atoms in total. The van der Waals surface area contributed by atoms with Gasteiger partial charge in [-0.2, -0.15) is 0 Å². The van der Waals surface area contributed by atoms with Crippen LogP contribution in [0.25, 0.3) is 10.2 Å². The van der Waals surface area contributed by atoms with Gasteiger partial charge in [0.1, 0.15) is 22.0 Å². The number of aromatic nitrogens is 1. The van der Waals surface area contributed by atoms with Crippen LogP contribution in [0.1, 0.15) is 27.7 Å². The number of ether oxygens (including phenoxy) is 2. The lowest BCUT2D eigenvalue weighted by Crippen LogP contribution is -2.34. The predicted octanol–water partition coefficient (Wildman–Crippen LogP) is 3.12. The molecule has 1 aromatic carbocycles. The molecular weight excluding hydrogens is 412 g/mol. The average molecular weight is 433 g/mol. The number of hydrogen-bond acceptors (Lipinski definition) is 8. The average Bonchev–Trinajstić information content (AvgIpc) is 3.26. The van der Waals surface area contributed by atoms with E-state index in [2.05, 4.69) is 10.3 Å². The zero-order chi connectivity index (χ0) is 20.7. The van der Waals surface area contributed by atoms with Crippen LogP contribution in [-0.2, 0) is 17.8 Å². The van der Waals surface area contributed by atoms with E-state index in [1.165, 1.54) is 22.7 Å². The molecule has 1 aliphatic heterocycles. The summed E-state index contributed by atoms with van der Waals surface area (Å²) in [7, 11) is 3.18. The molecule has 0 fully saturated rings. The summed E-state index contributed by atoms with van der Waals surface area (Å²) in [6, 6.07) is 3.67. The minimum atomic E-state index is -0.485. The van der Waals surface area contributed by atoms with Gasteiger partial charge in [0.2, 0.25) is 5.91 Å². The smallest absolute Gasteiger partial charge is 0.251 e. The van der Waals surface area contributed by atoms with Crippen molar-refractivity contribution in [3.8, 4) is 11.5 Å². The SMILES string of the molecule is COc1cc(OC)c2nc(Nc3sc4c(c3C(N)=O)CCN(C(C)=O)C4)sc2c1. The van der Waals surface area contributed by atoms with Crippen LogP contribution in [0.3, 0.4) is 0 Å². The van der Waals surface area contributed by atoms with Crippen molar-refractivity contribution in [3.63, 3.8) is 0 Å². The van der Waals surface area contributed by atoms with E-state index in [1.807, 2.05) is 6.07 Å². The van der Waals surface area contributed by atoms with Gasteiger partial charge >= 0.3 is 0 Å². The first-order chi connectivity index (χ1) is 13.9. The van der Waals surface area contributed by atoms with Gasteiger partial charge in [-0.25, -0.2) is 4.98 Å². The van der Waals surface area contributed by atoms with E-state index < -0.39 is 5.91 Å². The van der Waals surface area contributed by atoms with Crippen molar-refractivity contribution >= 4 is 54.8 Å². The van der Waals surface area contributed by atoms with Crippen LogP contribution in [-0.4, -0.2) is 42.5 Å².